The number of furan rings is 1. The van der Waals surface area contributed by atoms with Gasteiger partial charge in [-0.2, -0.15) is 0 Å². The lowest BCUT2D eigenvalue weighted by Gasteiger charge is -2.10. The molecule has 0 saturated heterocycles. The summed E-state index contributed by atoms with van der Waals surface area (Å²) >= 11 is 0. The van der Waals surface area contributed by atoms with E-state index >= 15 is 0 Å². The number of anilines is 1. The van der Waals surface area contributed by atoms with Gasteiger partial charge in [-0.1, -0.05) is 19.1 Å². The molecule has 0 fully saturated rings. The first-order valence-electron chi connectivity index (χ1n) is 7.00. The van der Waals surface area contributed by atoms with E-state index in [4.69, 9.17) is 4.42 Å². The van der Waals surface area contributed by atoms with E-state index < -0.39 is 0 Å². The summed E-state index contributed by atoms with van der Waals surface area (Å²) in [5.41, 5.74) is 1.94. The fourth-order valence-corrected chi connectivity index (χ4v) is 2.42. The maximum atomic E-state index is 13.8. The van der Waals surface area contributed by atoms with Gasteiger partial charge in [-0.15, -0.1) is 0 Å². The Balaban J connectivity index is 2.18. The van der Waals surface area contributed by atoms with Crippen LogP contribution in [0.5, 0.6) is 0 Å². The minimum atomic E-state index is -0.363. The van der Waals surface area contributed by atoms with E-state index in [0.717, 1.165) is 29.7 Å². The van der Waals surface area contributed by atoms with E-state index in [9.17, 15) is 4.39 Å². The van der Waals surface area contributed by atoms with Crippen molar-refractivity contribution < 1.29 is 8.81 Å². The molecule has 0 aliphatic rings. The van der Waals surface area contributed by atoms with Crippen molar-refractivity contribution >= 4 is 16.8 Å². The summed E-state index contributed by atoms with van der Waals surface area (Å²) in [6, 6.07) is 6.70. The van der Waals surface area contributed by atoms with Gasteiger partial charge in [0.05, 0.1) is 0 Å². The summed E-state index contributed by atoms with van der Waals surface area (Å²) in [6.07, 6.45) is 2.26. The molecule has 0 unspecified atom stereocenters. The van der Waals surface area contributed by atoms with Crippen molar-refractivity contribution in [1.82, 2.24) is 9.97 Å². The molecule has 21 heavy (non-hydrogen) atoms. The van der Waals surface area contributed by atoms with Crippen molar-refractivity contribution in [2.45, 2.75) is 20.3 Å². The van der Waals surface area contributed by atoms with E-state index in [1.165, 1.54) is 12.4 Å². The lowest BCUT2D eigenvalue weighted by Crippen LogP contribution is -2.05. The van der Waals surface area contributed by atoms with Gasteiger partial charge in [0.25, 0.3) is 0 Å². The molecule has 5 heteroatoms. The molecule has 4 nitrogen and oxygen atoms in total. The van der Waals surface area contributed by atoms with Crippen LogP contribution >= 0.6 is 0 Å². The summed E-state index contributed by atoms with van der Waals surface area (Å²) in [5, 5.41) is 3.95. The number of benzene rings is 1. The molecule has 0 bridgehead atoms. The Kier molecular flexibility index (Phi) is 3.56. The van der Waals surface area contributed by atoms with E-state index in [1.54, 1.807) is 6.07 Å². The van der Waals surface area contributed by atoms with Crippen LogP contribution in [0.25, 0.3) is 22.4 Å². The highest BCUT2D eigenvalue weighted by atomic mass is 19.1. The highest BCUT2D eigenvalue weighted by Crippen LogP contribution is 2.32. The molecule has 2 aromatic heterocycles. The largest absolute Gasteiger partial charge is 0.451 e. The van der Waals surface area contributed by atoms with Gasteiger partial charge in [-0.3, -0.25) is 0 Å². The zero-order valence-corrected chi connectivity index (χ0v) is 12.0. The molecule has 0 saturated carbocycles. The maximum Gasteiger partial charge on any atom is 0.170 e. The second-order valence-electron chi connectivity index (χ2n) is 4.70. The Bertz CT molecular complexity index is 782. The standard InChI is InChI=1S/C16H16FN3O/c1-3-11-14(19-9-20-16(11)18-4-2)13-8-10-6-5-7-12(17)15(10)21-13/h5-9H,3-4H2,1-2H3,(H,18,19,20). The molecular weight excluding hydrogens is 269 g/mol. The van der Waals surface area contributed by atoms with Crippen LogP contribution in [0, 0.1) is 5.82 Å². The average molecular weight is 285 g/mol. The zero-order valence-electron chi connectivity index (χ0n) is 12.0. The first kappa shape index (κ1) is 13.5. The Morgan fingerprint density at radius 1 is 1.24 bits per heavy atom. The fraction of sp³-hybridized carbons (Fsp3) is 0.250. The van der Waals surface area contributed by atoms with Gasteiger partial charge in [0.15, 0.2) is 17.2 Å². The van der Waals surface area contributed by atoms with E-state index in [0.29, 0.717) is 11.5 Å². The molecular formula is C16H16FN3O. The minimum absolute atomic E-state index is 0.262. The van der Waals surface area contributed by atoms with Crippen LogP contribution in [0.1, 0.15) is 19.4 Å². The molecule has 1 aromatic carbocycles. The lowest BCUT2D eigenvalue weighted by molar-refractivity contribution is 0.567. The third-order valence-corrected chi connectivity index (χ3v) is 3.37. The van der Waals surface area contributed by atoms with Crippen molar-refractivity contribution in [3.63, 3.8) is 0 Å². The van der Waals surface area contributed by atoms with Crippen molar-refractivity contribution in [3.05, 3.63) is 42.0 Å². The number of para-hydroxylation sites is 1. The number of nitrogens with zero attached hydrogens (tertiary/aromatic N) is 2. The number of fused-ring (bicyclic) bond motifs is 1. The van der Waals surface area contributed by atoms with Crippen LogP contribution in [0.3, 0.4) is 0 Å². The van der Waals surface area contributed by atoms with E-state index in [1.807, 2.05) is 26.0 Å². The second kappa shape index (κ2) is 5.52. The molecule has 108 valence electrons. The topological polar surface area (TPSA) is 51.0 Å². The van der Waals surface area contributed by atoms with Gasteiger partial charge in [0.1, 0.15) is 17.8 Å². The number of halogens is 1. The van der Waals surface area contributed by atoms with E-state index in [-0.39, 0.29) is 11.4 Å². The first-order valence-corrected chi connectivity index (χ1v) is 7.00. The highest BCUT2D eigenvalue weighted by Gasteiger charge is 2.16. The van der Waals surface area contributed by atoms with Crippen molar-refractivity contribution in [1.29, 1.82) is 0 Å². The zero-order chi connectivity index (χ0) is 14.8. The third-order valence-electron chi connectivity index (χ3n) is 3.37. The lowest BCUT2D eigenvalue weighted by atomic mass is 10.1. The van der Waals surface area contributed by atoms with Crippen LogP contribution < -0.4 is 5.32 Å². The molecule has 0 aliphatic heterocycles. The Labute approximate surface area is 122 Å². The van der Waals surface area contributed by atoms with Gasteiger partial charge < -0.3 is 9.73 Å². The normalized spacial score (nSPS) is 11.0. The maximum absolute atomic E-state index is 13.8. The SMILES string of the molecule is CCNc1ncnc(-c2cc3cccc(F)c3o2)c1CC. The van der Waals surface area contributed by atoms with Crippen LogP contribution in [0.2, 0.25) is 0 Å². The van der Waals surface area contributed by atoms with Crippen molar-refractivity contribution in [3.8, 4) is 11.5 Å². The number of rotatable bonds is 4. The Hall–Kier alpha value is -2.43. The summed E-state index contributed by atoms with van der Waals surface area (Å²) in [5.74, 6) is 0.997. The molecule has 3 rings (SSSR count). The van der Waals surface area contributed by atoms with Gasteiger partial charge in [0, 0.05) is 17.5 Å². The molecule has 2 heterocycles. The summed E-state index contributed by atoms with van der Waals surface area (Å²) in [4.78, 5) is 8.58. The number of aromatic nitrogens is 2. The quantitative estimate of drug-likeness (QED) is 0.786. The third kappa shape index (κ3) is 2.35. The number of hydrogen-bond acceptors (Lipinski definition) is 4. The predicted octanol–water partition coefficient (Wildman–Crippen LogP) is 4.02. The first-order chi connectivity index (χ1) is 10.2. The number of hydrogen-bond donors (Lipinski definition) is 1. The van der Waals surface area contributed by atoms with Gasteiger partial charge >= 0.3 is 0 Å². The van der Waals surface area contributed by atoms with Crippen LogP contribution in [-0.2, 0) is 6.42 Å². The highest BCUT2D eigenvalue weighted by molar-refractivity contribution is 5.83. The fourth-order valence-electron chi connectivity index (χ4n) is 2.42. The van der Waals surface area contributed by atoms with Crippen molar-refractivity contribution in [2.75, 3.05) is 11.9 Å². The monoisotopic (exact) mass is 285 g/mol. The van der Waals surface area contributed by atoms with Gasteiger partial charge in [0.2, 0.25) is 0 Å². The molecule has 0 atom stereocenters. The smallest absolute Gasteiger partial charge is 0.170 e. The Morgan fingerprint density at radius 3 is 2.81 bits per heavy atom. The van der Waals surface area contributed by atoms with Gasteiger partial charge in [-0.25, -0.2) is 14.4 Å². The van der Waals surface area contributed by atoms with Crippen molar-refractivity contribution in [2.24, 2.45) is 0 Å². The summed E-state index contributed by atoms with van der Waals surface area (Å²) < 4.78 is 19.4. The molecule has 0 amide bonds. The number of nitrogens with one attached hydrogen (secondary N) is 1. The molecule has 1 N–H and O–H groups in total. The molecule has 0 aliphatic carbocycles. The molecule has 0 spiro atoms. The average Bonchev–Trinajstić information content (AvgIpc) is 2.93. The molecule has 3 aromatic rings. The second-order valence-corrected chi connectivity index (χ2v) is 4.70. The van der Waals surface area contributed by atoms with Crippen LogP contribution in [-0.4, -0.2) is 16.5 Å². The minimum Gasteiger partial charge on any atom is -0.451 e. The van der Waals surface area contributed by atoms with E-state index in [2.05, 4.69) is 15.3 Å². The summed E-state index contributed by atoms with van der Waals surface area (Å²) in [6.45, 7) is 4.82. The van der Waals surface area contributed by atoms with Crippen LogP contribution in [0.15, 0.2) is 35.0 Å². The Morgan fingerprint density at radius 2 is 2.10 bits per heavy atom. The molecule has 0 radical (unpaired) electrons. The van der Waals surface area contributed by atoms with Crippen LogP contribution in [0.4, 0.5) is 10.2 Å². The summed E-state index contributed by atoms with van der Waals surface area (Å²) in [7, 11) is 0. The predicted molar refractivity (Wildman–Crippen MR) is 80.7 cm³/mol. The van der Waals surface area contributed by atoms with Gasteiger partial charge in [-0.05, 0) is 25.5 Å².